The SMILES string of the molecule is CCC(=O)C(C(=O)CC)[Si](OC)(OC)C(C)C. The van der Waals surface area contributed by atoms with E-state index in [0.717, 1.165) is 0 Å². The van der Waals surface area contributed by atoms with E-state index in [-0.39, 0.29) is 17.1 Å². The van der Waals surface area contributed by atoms with E-state index in [2.05, 4.69) is 0 Å². The lowest BCUT2D eigenvalue weighted by Crippen LogP contribution is -2.53. The number of carbonyl (C=O) groups is 2. The molecule has 0 bridgehead atoms. The molecule has 0 radical (unpaired) electrons. The first-order chi connectivity index (χ1) is 7.91. The largest absolute Gasteiger partial charge is 0.397 e. The first-order valence-corrected chi connectivity index (χ1v) is 8.03. The molecule has 0 saturated carbocycles. The van der Waals surface area contributed by atoms with Crippen LogP contribution in [-0.4, -0.2) is 34.3 Å². The van der Waals surface area contributed by atoms with Gasteiger partial charge in [-0.2, -0.15) is 0 Å². The Hall–Kier alpha value is -0.523. The molecule has 4 nitrogen and oxygen atoms in total. The van der Waals surface area contributed by atoms with Crippen molar-refractivity contribution in [1.29, 1.82) is 0 Å². The molecule has 0 amide bonds. The molecule has 0 aliphatic rings. The van der Waals surface area contributed by atoms with Gasteiger partial charge in [0.25, 0.3) is 0 Å². The fourth-order valence-electron chi connectivity index (χ4n) is 2.16. The van der Waals surface area contributed by atoms with Crippen molar-refractivity contribution in [2.24, 2.45) is 0 Å². The summed E-state index contributed by atoms with van der Waals surface area (Å²) in [6.07, 6.45) is 0.676. The third-order valence-electron chi connectivity index (χ3n) is 3.19. The molecule has 0 saturated heterocycles. The summed E-state index contributed by atoms with van der Waals surface area (Å²) in [4.78, 5) is 24.1. The normalized spacial score (nSPS) is 12.2. The topological polar surface area (TPSA) is 52.6 Å². The average Bonchev–Trinajstić information content (AvgIpc) is 2.33. The molecule has 0 atom stereocenters. The van der Waals surface area contributed by atoms with Gasteiger partial charge in [-0.1, -0.05) is 27.7 Å². The van der Waals surface area contributed by atoms with Gasteiger partial charge in [0, 0.05) is 27.1 Å². The fourth-order valence-corrected chi connectivity index (χ4v) is 5.71. The molecule has 0 rings (SSSR count). The molecular formula is C12H24O4Si. The van der Waals surface area contributed by atoms with Gasteiger partial charge in [-0.3, -0.25) is 9.59 Å². The average molecular weight is 260 g/mol. The van der Waals surface area contributed by atoms with E-state index in [9.17, 15) is 9.59 Å². The molecule has 0 aliphatic heterocycles. The van der Waals surface area contributed by atoms with Crippen molar-refractivity contribution < 1.29 is 18.4 Å². The minimum Gasteiger partial charge on any atom is -0.397 e. The van der Waals surface area contributed by atoms with Gasteiger partial charge in [0.15, 0.2) is 0 Å². The van der Waals surface area contributed by atoms with Crippen LogP contribution in [0.2, 0.25) is 11.1 Å². The van der Waals surface area contributed by atoms with Crippen LogP contribution in [0.4, 0.5) is 0 Å². The van der Waals surface area contributed by atoms with Crippen molar-refractivity contribution in [1.82, 2.24) is 0 Å². The lowest BCUT2D eigenvalue weighted by molar-refractivity contribution is -0.127. The summed E-state index contributed by atoms with van der Waals surface area (Å²) in [5, 5.41) is 0. The lowest BCUT2D eigenvalue weighted by atomic mass is 10.1. The molecule has 0 aliphatic carbocycles. The minimum atomic E-state index is -2.82. The van der Waals surface area contributed by atoms with E-state index >= 15 is 0 Å². The van der Waals surface area contributed by atoms with Crippen LogP contribution in [0.1, 0.15) is 40.5 Å². The Kier molecular flexibility index (Phi) is 6.82. The summed E-state index contributed by atoms with van der Waals surface area (Å²) in [6, 6.07) is 0. The highest BCUT2D eigenvalue weighted by Gasteiger charge is 2.53. The highest BCUT2D eigenvalue weighted by atomic mass is 28.4. The summed E-state index contributed by atoms with van der Waals surface area (Å²) in [6.45, 7) is 7.42. The molecule has 0 N–H and O–H groups in total. The van der Waals surface area contributed by atoms with Crippen LogP contribution in [0.5, 0.6) is 0 Å². The number of Topliss-reactive ketones (excluding diaryl/α,β-unsaturated/α-hetero) is 2. The Balaban J connectivity index is 5.51. The second-order valence-corrected chi connectivity index (χ2v) is 8.35. The molecule has 0 unspecified atom stereocenters. The van der Waals surface area contributed by atoms with Gasteiger partial charge in [-0.05, 0) is 5.54 Å². The molecule has 0 fully saturated rings. The van der Waals surface area contributed by atoms with Gasteiger partial charge in [0.2, 0.25) is 0 Å². The predicted octanol–water partition coefficient (Wildman–Crippen LogP) is 2.46. The maximum Gasteiger partial charge on any atom is 0.358 e. The van der Waals surface area contributed by atoms with Crippen molar-refractivity contribution in [3.05, 3.63) is 0 Å². The van der Waals surface area contributed by atoms with Crippen LogP contribution in [0, 0.1) is 0 Å². The third kappa shape index (κ3) is 3.24. The first kappa shape index (κ1) is 16.5. The maximum atomic E-state index is 12.0. The lowest BCUT2D eigenvalue weighted by Gasteiger charge is -2.36. The zero-order chi connectivity index (χ0) is 13.6. The number of rotatable bonds is 8. The predicted molar refractivity (Wildman–Crippen MR) is 69.2 cm³/mol. The maximum absolute atomic E-state index is 12.0. The zero-order valence-corrected chi connectivity index (χ0v) is 12.7. The van der Waals surface area contributed by atoms with Crippen LogP contribution in [-0.2, 0) is 18.4 Å². The summed E-state index contributed by atoms with van der Waals surface area (Å²) < 4.78 is 11.1. The summed E-state index contributed by atoms with van der Waals surface area (Å²) >= 11 is 0. The minimum absolute atomic E-state index is 0.0495. The molecule has 100 valence electrons. The molecule has 17 heavy (non-hydrogen) atoms. The quantitative estimate of drug-likeness (QED) is 0.497. The monoisotopic (exact) mass is 260 g/mol. The molecular weight excluding hydrogens is 236 g/mol. The Bertz CT molecular complexity index is 256. The van der Waals surface area contributed by atoms with E-state index < -0.39 is 14.1 Å². The highest BCUT2D eigenvalue weighted by molar-refractivity contribution is 6.77. The van der Waals surface area contributed by atoms with E-state index in [1.807, 2.05) is 13.8 Å². The van der Waals surface area contributed by atoms with Crippen molar-refractivity contribution in [2.75, 3.05) is 14.2 Å². The van der Waals surface area contributed by atoms with Gasteiger partial charge in [-0.25, -0.2) is 0 Å². The van der Waals surface area contributed by atoms with E-state index in [4.69, 9.17) is 8.85 Å². The molecule has 0 heterocycles. The smallest absolute Gasteiger partial charge is 0.358 e. The van der Waals surface area contributed by atoms with Crippen LogP contribution in [0.3, 0.4) is 0 Å². The van der Waals surface area contributed by atoms with E-state index in [1.165, 1.54) is 14.2 Å². The van der Waals surface area contributed by atoms with Crippen LogP contribution < -0.4 is 0 Å². The summed E-state index contributed by atoms with van der Waals surface area (Å²) in [5.41, 5.74) is -0.652. The summed E-state index contributed by atoms with van der Waals surface area (Å²) in [7, 11) is 0.255. The Morgan fingerprint density at radius 3 is 1.53 bits per heavy atom. The first-order valence-electron chi connectivity index (χ1n) is 6.06. The molecule has 0 aromatic rings. The Labute approximate surface area is 105 Å². The van der Waals surface area contributed by atoms with Gasteiger partial charge < -0.3 is 8.85 Å². The second-order valence-electron chi connectivity index (χ2n) is 4.36. The van der Waals surface area contributed by atoms with Crippen molar-refractivity contribution in [2.45, 2.75) is 51.6 Å². The summed E-state index contributed by atoms with van der Waals surface area (Å²) in [5.74, 6) is -0.137. The van der Waals surface area contributed by atoms with Gasteiger partial charge in [0.1, 0.15) is 17.1 Å². The number of ketones is 2. The Morgan fingerprint density at radius 1 is 1.00 bits per heavy atom. The number of hydrogen-bond donors (Lipinski definition) is 0. The molecule has 0 aromatic heterocycles. The van der Waals surface area contributed by atoms with Crippen molar-refractivity contribution in [3.8, 4) is 0 Å². The fraction of sp³-hybridized carbons (Fsp3) is 0.833. The van der Waals surface area contributed by atoms with Gasteiger partial charge >= 0.3 is 8.56 Å². The second kappa shape index (κ2) is 7.03. The highest BCUT2D eigenvalue weighted by Crippen LogP contribution is 2.36. The number of hydrogen-bond acceptors (Lipinski definition) is 4. The van der Waals surface area contributed by atoms with E-state index in [1.54, 1.807) is 13.8 Å². The Morgan fingerprint density at radius 2 is 1.35 bits per heavy atom. The van der Waals surface area contributed by atoms with Crippen LogP contribution in [0.25, 0.3) is 0 Å². The van der Waals surface area contributed by atoms with Crippen LogP contribution >= 0.6 is 0 Å². The molecule has 0 aromatic carbocycles. The van der Waals surface area contributed by atoms with Crippen molar-refractivity contribution in [3.63, 3.8) is 0 Å². The molecule has 0 spiro atoms. The zero-order valence-electron chi connectivity index (χ0n) is 11.7. The number of carbonyl (C=O) groups excluding carboxylic acids is 2. The van der Waals surface area contributed by atoms with Gasteiger partial charge in [0.05, 0.1) is 0 Å². The van der Waals surface area contributed by atoms with Gasteiger partial charge in [-0.15, -0.1) is 0 Å². The standard InChI is InChI=1S/C12H24O4Si/c1-7-10(13)12(11(14)8-2)17(15-5,16-6)9(3)4/h9,12H,7-8H2,1-6H3. The third-order valence-corrected chi connectivity index (χ3v) is 7.52. The van der Waals surface area contributed by atoms with Crippen molar-refractivity contribution >= 4 is 20.1 Å². The molecule has 5 heteroatoms. The van der Waals surface area contributed by atoms with Crippen LogP contribution in [0.15, 0.2) is 0 Å². The van der Waals surface area contributed by atoms with E-state index in [0.29, 0.717) is 12.8 Å².